The van der Waals surface area contributed by atoms with Crippen molar-refractivity contribution in [2.24, 2.45) is 0 Å². The Morgan fingerprint density at radius 1 is 0.453 bits per heavy atom. The molecule has 9 rings (SSSR count). The topological polar surface area (TPSA) is 240 Å². The van der Waals surface area contributed by atoms with E-state index in [1.54, 1.807) is 75.6 Å². The first-order chi connectivity index (χ1) is 50.8. The summed E-state index contributed by atoms with van der Waals surface area (Å²) >= 11 is 6.00. The second-order valence-corrected chi connectivity index (χ2v) is 20.7. The number of carbonyl (C=O) groups is 6. The number of aliphatic hydroxyl groups is 3. The van der Waals surface area contributed by atoms with Gasteiger partial charge >= 0.3 is 12.4 Å². The fourth-order valence-electron chi connectivity index (χ4n) is 6.98. The van der Waals surface area contributed by atoms with Gasteiger partial charge in [0.05, 0.1) is 45.2 Å². The highest BCUT2D eigenvalue weighted by Gasteiger charge is 2.33. The number of aldehydes is 4. The Hall–Kier alpha value is -9.62. The lowest BCUT2D eigenvalue weighted by atomic mass is 10.1. The number of hydrogen-bond donors (Lipinski definition) is 5. The summed E-state index contributed by atoms with van der Waals surface area (Å²) in [5.74, 6) is 1.49. The average molecular weight is 1610 g/mol. The van der Waals surface area contributed by atoms with Gasteiger partial charge in [-0.15, -0.1) is 0 Å². The van der Waals surface area contributed by atoms with Crippen molar-refractivity contribution < 1.29 is 99.6 Å². The molecule has 0 aromatic heterocycles. The van der Waals surface area contributed by atoms with Gasteiger partial charge in [0.25, 0.3) is 0 Å². The van der Waals surface area contributed by atoms with Gasteiger partial charge in [-0.05, 0) is 99.0 Å². The SMILES string of the molecule is CC.CC.CC.CC(=O)c1ccc(C)cc1.CCc1ccc(C(C)=O)cc1.CO.COCCO.COc1cc(C=O)ccc1O.COc1cc(C=O)ccc1OCc1ccccc1C(F)(F)F.FC(F)(F)c1ccccc1CBr.O=Cc1ccccc1.O=Cc1ccccc1.OCCBr.Oc1ccccc1. The summed E-state index contributed by atoms with van der Waals surface area (Å²) in [6.07, 6.45) is -4.65. The van der Waals surface area contributed by atoms with Gasteiger partial charge in [0.2, 0.25) is 0 Å². The summed E-state index contributed by atoms with van der Waals surface area (Å²) in [5.41, 5.74) is 5.36. The quantitative estimate of drug-likeness (QED) is 0.0262. The zero-order valence-corrected chi connectivity index (χ0v) is 65.6. The van der Waals surface area contributed by atoms with E-state index in [-0.39, 0.29) is 65.1 Å². The molecule has 0 aliphatic rings. The second kappa shape index (κ2) is 68.5. The van der Waals surface area contributed by atoms with Crippen LogP contribution in [0.3, 0.4) is 0 Å². The molecule has 5 N–H and O–H groups in total. The normalized spacial score (nSPS) is 9.22. The number of ether oxygens (including phenoxy) is 4. The number of phenolic OH excluding ortho intramolecular Hbond substituents is 2. The fraction of sp³-hybridized carbons (Fsp3) is 0.277. The lowest BCUT2D eigenvalue weighted by Crippen LogP contribution is -2.10. The number of Topliss-reactive ketones (excluding diaryl/α,β-unsaturated/α-hetero) is 2. The van der Waals surface area contributed by atoms with E-state index in [1.165, 1.54) is 92.1 Å². The predicted octanol–water partition coefficient (Wildman–Crippen LogP) is 20.6. The van der Waals surface area contributed by atoms with Crippen molar-refractivity contribution in [2.45, 2.75) is 99.9 Å². The third-order valence-electron chi connectivity index (χ3n) is 12.1. The van der Waals surface area contributed by atoms with Gasteiger partial charge in [-0.3, -0.25) is 28.8 Å². The van der Waals surface area contributed by atoms with Crippen LogP contribution in [0.4, 0.5) is 26.3 Å². The van der Waals surface area contributed by atoms with Crippen LogP contribution in [0.15, 0.2) is 224 Å². The van der Waals surface area contributed by atoms with E-state index in [9.17, 15) is 55.1 Å². The Labute approximate surface area is 638 Å². The third-order valence-corrected chi connectivity index (χ3v) is 13.0. The molecule has 0 atom stereocenters. The van der Waals surface area contributed by atoms with Crippen molar-refractivity contribution in [1.29, 1.82) is 0 Å². The number of para-hydroxylation sites is 1. The summed E-state index contributed by atoms with van der Waals surface area (Å²) in [4.78, 5) is 62.6. The van der Waals surface area contributed by atoms with Gasteiger partial charge in [-0.2, -0.15) is 26.3 Å². The van der Waals surface area contributed by atoms with Crippen LogP contribution >= 0.6 is 31.9 Å². The molecule has 0 heterocycles. The van der Waals surface area contributed by atoms with E-state index in [0.29, 0.717) is 47.1 Å². The maximum atomic E-state index is 12.9. The lowest BCUT2D eigenvalue weighted by Gasteiger charge is -2.15. The number of ketones is 2. The van der Waals surface area contributed by atoms with Gasteiger partial charge < -0.3 is 44.5 Å². The number of phenols is 2. The average Bonchev–Trinajstić information content (AvgIpc) is 0.833. The summed E-state index contributed by atoms with van der Waals surface area (Å²) < 4.78 is 95.0. The van der Waals surface area contributed by atoms with Gasteiger partial charge in [0, 0.05) is 63.8 Å². The Bertz CT molecular complexity index is 3600. The first-order valence-electron chi connectivity index (χ1n) is 32.9. The van der Waals surface area contributed by atoms with Gasteiger partial charge in [0.1, 0.15) is 37.5 Å². The predicted molar refractivity (Wildman–Crippen MR) is 419 cm³/mol. The maximum Gasteiger partial charge on any atom is 0.416 e. The van der Waals surface area contributed by atoms with Crippen molar-refractivity contribution >= 4 is 68.6 Å². The van der Waals surface area contributed by atoms with E-state index < -0.39 is 23.5 Å². The van der Waals surface area contributed by atoms with E-state index in [4.69, 9.17) is 39.7 Å². The summed E-state index contributed by atoms with van der Waals surface area (Å²) in [6.45, 7) is 19.8. The van der Waals surface area contributed by atoms with Crippen LogP contribution in [0.2, 0.25) is 0 Å². The standard InChI is InChI=1S/C16H13F3O3.C10H12O.C9H10O.C8H6BrF3.C8H8O3.2C7H6O.C6H6O.C3H8O2.C2H5BrO.3C2H6.CH4O/c1-21-15-8-11(9-20)6-7-14(15)22-10-12-4-2-3-5-13(12)16(17,18)19;1-3-9-4-6-10(7-5-9)8(2)11;1-7-3-5-9(6-4-7)8(2)10;9-5-6-3-1-2-4-7(6)8(10,11)12;1-11-8-4-6(5-9)2-3-7(8)10;2*8-6-7-4-2-1-3-5-7;7-6-4-2-1-3-5-6;1-5-3-2-4;3-1-2-4;4*1-2/h2-9H,10H2,1H3;4-7H,3H2,1-2H3;3-6H,1-2H3;1-4H,5H2;2-5,10H,1H3;2*1-6H;1-5,7H;4H,2-3H2,1H3;4H,1-2H2;3*1-2H3;2H,1H3. The molecule has 0 fully saturated rings. The van der Waals surface area contributed by atoms with Crippen LogP contribution in [-0.2, 0) is 35.4 Å². The molecule has 0 aliphatic heterocycles. The first kappa shape index (κ1) is 105. The number of carbonyl (C=O) groups excluding carboxylic acids is 6. The molecule has 9 aromatic carbocycles. The number of aryl methyl sites for hydroxylation is 2. The summed E-state index contributed by atoms with van der Waals surface area (Å²) in [5, 5.41) is 41.4. The summed E-state index contributed by atoms with van der Waals surface area (Å²) in [6, 6.07) is 61.8. The van der Waals surface area contributed by atoms with Gasteiger partial charge in [-0.25, -0.2) is 0 Å². The van der Waals surface area contributed by atoms with E-state index in [2.05, 4.69) is 43.5 Å². The molecule has 0 unspecified atom stereocenters. The highest BCUT2D eigenvalue weighted by molar-refractivity contribution is 9.09. The van der Waals surface area contributed by atoms with E-state index >= 15 is 0 Å². The molecule has 23 heteroatoms. The first-order valence-corrected chi connectivity index (χ1v) is 35.1. The van der Waals surface area contributed by atoms with Crippen molar-refractivity contribution in [3.63, 3.8) is 0 Å². The highest BCUT2D eigenvalue weighted by atomic mass is 79.9. The minimum absolute atomic E-state index is 0.0246. The molecule has 0 spiro atoms. The fourth-order valence-corrected chi connectivity index (χ4v) is 7.47. The number of hydrogen-bond acceptors (Lipinski definition) is 15. The molecule has 106 heavy (non-hydrogen) atoms. The molecule has 0 radical (unpaired) electrons. The van der Waals surface area contributed by atoms with Crippen molar-refractivity contribution in [3.8, 4) is 28.7 Å². The second-order valence-electron chi connectivity index (χ2n) is 19.4. The van der Waals surface area contributed by atoms with Crippen molar-refractivity contribution in [3.05, 3.63) is 291 Å². The molecular weight excluding hydrogens is 1510 g/mol. The number of aromatic hydroxyl groups is 2. The van der Waals surface area contributed by atoms with Crippen LogP contribution in [0.25, 0.3) is 0 Å². The van der Waals surface area contributed by atoms with E-state index in [0.717, 1.165) is 60.5 Å². The largest absolute Gasteiger partial charge is 0.508 e. The Balaban J connectivity index is -0.000000363. The number of alkyl halides is 8. The Morgan fingerprint density at radius 3 is 1.11 bits per heavy atom. The number of benzene rings is 9. The third kappa shape index (κ3) is 51.5. The molecule has 15 nitrogen and oxygen atoms in total. The maximum absolute atomic E-state index is 12.9. The minimum Gasteiger partial charge on any atom is -0.508 e. The number of rotatable bonds is 16. The monoisotopic (exact) mass is 1610 g/mol. The van der Waals surface area contributed by atoms with Crippen molar-refractivity contribution in [1.82, 2.24) is 0 Å². The molecule has 0 saturated heterocycles. The Morgan fingerprint density at radius 2 is 0.811 bits per heavy atom. The molecule has 0 amide bonds. The van der Waals surface area contributed by atoms with Crippen LogP contribution < -0.4 is 14.2 Å². The number of aliphatic hydroxyl groups excluding tert-OH is 3. The minimum atomic E-state index is -4.44. The molecular formula is C83H102Br2F6O15. The molecule has 0 aliphatic carbocycles. The molecule has 0 saturated carbocycles. The van der Waals surface area contributed by atoms with Crippen LogP contribution in [-0.4, -0.2) is 116 Å². The highest BCUT2D eigenvalue weighted by Crippen LogP contribution is 2.35. The number of halogens is 8. The van der Waals surface area contributed by atoms with E-state index in [1.807, 2.05) is 139 Å². The Kier molecular flexibility index (Phi) is 67.8. The van der Waals surface area contributed by atoms with Gasteiger partial charge in [-0.1, -0.05) is 250 Å². The number of methoxy groups -OCH3 is 3. The lowest BCUT2D eigenvalue weighted by molar-refractivity contribution is -0.139. The zero-order valence-electron chi connectivity index (χ0n) is 62.5. The smallest absolute Gasteiger partial charge is 0.416 e. The summed E-state index contributed by atoms with van der Waals surface area (Å²) in [7, 11) is 5.38. The van der Waals surface area contributed by atoms with Gasteiger partial charge in [0.15, 0.2) is 34.6 Å². The molecule has 0 bridgehead atoms. The van der Waals surface area contributed by atoms with Crippen LogP contribution in [0.5, 0.6) is 28.7 Å². The molecule has 580 valence electrons. The van der Waals surface area contributed by atoms with Crippen molar-refractivity contribution in [2.75, 3.05) is 53.6 Å². The zero-order chi connectivity index (χ0) is 81.7. The molecule has 9 aromatic rings. The van der Waals surface area contributed by atoms with Crippen LogP contribution in [0.1, 0.15) is 158 Å². The van der Waals surface area contributed by atoms with Crippen LogP contribution in [0, 0.1) is 6.92 Å².